The van der Waals surface area contributed by atoms with Gasteiger partial charge in [0, 0.05) is 20.5 Å². The van der Waals surface area contributed by atoms with Crippen molar-refractivity contribution in [2.24, 2.45) is 0 Å². The number of hydrogen-bond acceptors (Lipinski definition) is 1. The van der Waals surface area contributed by atoms with Gasteiger partial charge in [-0.2, -0.15) is 0 Å². The summed E-state index contributed by atoms with van der Waals surface area (Å²) in [5.41, 5.74) is 10.0. The Balaban J connectivity index is 1.92. The van der Waals surface area contributed by atoms with Crippen molar-refractivity contribution in [2.75, 3.05) is 0 Å². The molecule has 0 unspecified atom stereocenters. The van der Waals surface area contributed by atoms with Crippen LogP contribution >= 0.6 is 27.3 Å². The van der Waals surface area contributed by atoms with E-state index in [1.165, 1.54) is 27.1 Å². The second-order valence-corrected chi connectivity index (χ2v) is 7.55. The Morgan fingerprint density at radius 3 is 2.78 bits per heavy atom. The molecule has 0 fully saturated rings. The maximum Gasteiger partial charge on any atom is 0.0323 e. The highest BCUT2D eigenvalue weighted by atomic mass is 79.9. The number of thiophene rings is 1. The van der Waals surface area contributed by atoms with Crippen molar-refractivity contribution in [1.82, 2.24) is 0 Å². The van der Waals surface area contributed by atoms with Gasteiger partial charge in [-0.05, 0) is 59.2 Å². The molecule has 2 heteroatoms. The molecule has 4 rings (SSSR count). The largest absolute Gasteiger partial charge is 0.148 e. The van der Waals surface area contributed by atoms with E-state index in [1.807, 2.05) is 17.4 Å². The summed E-state index contributed by atoms with van der Waals surface area (Å²) in [6, 6.07) is 19.3. The predicted octanol–water partition coefficient (Wildman–Crippen LogP) is 6.35. The molecule has 0 atom stereocenters. The molecular weight excluding hydrogens is 364 g/mol. The van der Waals surface area contributed by atoms with Gasteiger partial charge in [-0.3, -0.25) is 0 Å². The van der Waals surface area contributed by atoms with E-state index in [9.17, 15) is 0 Å². The van der Waals surface area contributed by atoms with Gasteiger partial charge >= 0.3 is 0 Å². The number of hydrogen-bond donors (Lipinski definition) is 0. The van der Waals surface area contributed by atoms with Crippen molar-refractivity contribution in [1.29, 1.82) is 0 Å². The molecule has 0 saturated carbocycles. The smallest absolute Gasteiger partial charge is 0.0323 e. The van der Waals surface area contributed by atoms with E-state index in [4.69, 9.17) is 0 Å². The molecule has 1 aromatic heterocycles. The molecule has 1 aliphatic rings. The van der Waals surface area contributed by atoms with Crippen LogP contribution in [0.4, 0.5) is 0 Å². The molecule has 0 spiro atoms. The van der Waals surface area contributed by atoms with Crippen LogP contribution in [0.2, 0.25) is 0 Å². The van der Waals surface area contributed by atoms with Gasteiger partial charge < -0.3 is 0 Å². The van der Waals surface area contributed by atoms with Crippen LogP contribution in [0.1, 0.15) is 27.1 Å². The second-order valence-electron chi connectivity index (χ2n) is 5.63. The Morgan fingerprint density at radius 2 is 1.87 bits per heavy atom. The van der Waals surface area contributed by atoms with E-state index < -0.39 is 0 Å². The van der Waals surface area contributed by atoms with Gasteiger partial charge in [-0.25, -0.2) is 0 Å². The van der Waals surface area contributed by atoms with Gasteiger partial charge in [0.15, 0.2) is 0 Å². The first-order chi connectivity index (χ1) is 11.3. The maximum absolute atomic E-state index is 3.58. The number of fused-ring (bicyclic) bond motifs is 2. The summed E-state index contributed by atoms with van der Waals surface area (Å²) in [5, 5.41) is 2.19. The molecule has 0 bridgehead atoms. The fourth-order valence-corrected chi connectivity index (χ4v) is 4.34. The molecule has 3 aromatic rings. The third-order valence-corrected chi connectivity index (χ3v) is 5.63. The van der Waals surface area contributed by atoms with Gasteiger partial charge in [0.2, 0.25) is 0 Å². The van der Waals surface area contributed by atoms with Crippen molar-refractivity contribution in [3.05, 3.63) is 97.3 Å². The number of halogens is 1. The van der Waals surface area contributed by atoms with E-state index >= 15 is 0 Å². The zero-order valence-corrected chi connectivity index (χ0v) is 15.0. The summed E-state index contributed by atoms with van der Waals surface area (Å²) in [6.07, 6.45) is 4.31. The van der Waals surface area contributed by atoms with Crippen LogP contribution in [-0.4, -0.2) is 0 Å². The van der Waals surface area contributed by atoms with Gasteiger partial charge in [-0.15, -0.1) is 17.1 Å². The van der Waals surface area contributed by atoms with Crippen LogP contribution in [0.15, 0.2) is 70.2 Å². The lowest BCUT2D eigenvalue weighted by Gasteiger charge is -2.07. The summed E-state index contributed by atoms with van der Waals surface area (Å²) in [6.45, 7) is 0. The zero-order chi connectivity index (χ0) is 15.6. The number of benzene rings is 2. The molecule has 1 heterocycles. The molecule has 0 radical (unpaired) electrons. The van der Waals surface area contributed by atoms with Crippen molar-refractivity contribution in [3.63, 3.8) is 0 Å². The molecule has 112 valence electrons. The minimum absolute atomic E-state index is 1.09. The Labute approximate surface area is 148 Å². The highest BCUT2D eigenvalue weighted by molar-refractivity contribution is 9.10. The van der Waals surface area contributed by atoms with Gasteiger partial charge in [0.05, 0.1) is 0 Å². The molecule has 2 aromatic carbocycles. The van der Waals surface area contributed by atoms with E-state index in [0.717, 1.165) is 22.9 Å². The summed E-state index contributed by atoms with van der Waals surface area (Å²) in [4.78, 5) is 1.46. The van der Waals surface area contributed by atoms with Crippen molar-refractivity contribution < 1.29 is 0 Å². The molecule has 23 heavy (non-hydrogen) atoms. The Morgan fingerprint density at radius 1 is 0.957 bits per heavy atom. The van der Waals surface area contributed by atoms with Crippen molar-refractivity contribution >= 4 is 38.9 Å². The first-order valence-electron chi connectivity index (χ1n) is 7.68. The molecule has 0 aliphatic heterocycles. The molecule has 1 aliphatic carbocycles. The fourth-order valence-electron chi connectivity index (χ4n) is 3.04. The molecule has 0 N–H and O–H groups in total. The average Bonchev–Trinajstić information content (AvgIpc) is 2.97. The fraction of sp³-hybridized carbons (Fsp3) is 0.0952. The minimum atomic E-state index is 1.09. The first kappa shape index (κ1) is 14.7. The maximum atomic E-state index is 3.58. The summed E-state index contributed by atoms with van der Waals surface area (Å²) in [7, 11) is 0. The van der Waals surface area contributed by atoms with Crippen LogP contribution in [0.3, 0.4) is 0 Å². The Bertz CT molecular complexity index is 926. The highest BCUT2D eigenvalue weighted by Gasteiger charge is 2.18. The summed E-state index contributed by atoms with van der Waals surface area (Å²) in [5.74, 6) is 0. The second kappa shape index (κ2) is 6.33. The molecule has 0 nitrogen and oxygen atoms in total. The van der Waals surface area contributed by atoms with E-state index in [-0.39, 0.29) is 0 Å². The summed E-state index contributed by atoms with van der Waals surface area (Å²) >= 11 is 5.39. The van der Waals surface area contributed by atoms with Crippen molar-refractivity contribution in [2.45, 2.75) is 12.8 Å². The molecule has 0 saturated heterocycles. The monoisotopic (exact) mass is 378 g/mol. The number of aryl methyl sites for hydroxylation is 2. The van der Waals surface area contributed by atoms with Crippen LogP contribution < -0.4 is 0 Å². The van der Waals surface area contributed by atoms with E-state index in [2.05, 4.69) is 81.6 Å². The lowest BCUT2D eigenvalue weighted by atomic mass is 9.96. The third kappa shape index (κ3) is 2.98. The van der Waals surface area contributed by atoms with Crippen LogP contribution in [0, 0.1) is 0 Å². The van der Waals surface area contributed by atoms with Gasteiger partial charge in [0.1, 0.15) is 0 Å². The van der Waals surface area contributed by atoms with Crippen LogP contribution in [-0.2, 0) is 12.8 Å². The number of rotatable bonds is 1. The Kier molecular flexibility index (Phi) is 4.05. The topological polar surface area (TPSA) is 0 Å². The van der Waals surface area contributed by atoms with Crippen molar-refractivity contribution in [3.8, 4) is 0 Å². The standard InChI is InChI=1S/C21H15BrS/c22-17-6-3-4-15(14-17)8-10-19-18-7-2-1-5-16(18)9-11-21-20(19)12-13-23-21/h1-8,12-14H,9,11H2. The quantitative estimate of drug-likeness (QED) is 0.432. The average molecular weight is 379 g/mol. The van der Waals surface area contributed by atoms with E-state index in [0.29, 0.717) is 0 Å². The highest BCUT2D eigenvalue weighted by Crippen LogP contribution is 2.35. The predicted molar refractivity (Wildman–Crippen MR) is 103 cm³/mol. The minimum Gasteiger partial charge on any atom is -0.148 e. The zero-order valence-electron chi connectivity index (χ0n) is 12.6. The SMILES string of the molecule is Brc1cccc(C=C=C2c3ccccc3CCc3sccc32)c1. The molecule has 0 amide bonds. The third-order valence-electron chi connectivity index (χ3n) is 4.15. The molecular formula is C21H15BrS. The lowest BCUT2D eigenvalue weighted by molar-refractivity contribution is 0.985. The van der Waals surface area contributed by atoms with Gasteiger partial charge in [-0.1, -0.05) is 52.3 Å². The van der Waals surface area contributed by atoms with Gasteiger partial charge in [0.25, 0.3) is 0 Å². The normalized spacial score (nSPS) is 12.8. The summed E-state index contributed by atoms with van der Waals surface area (Å²) < 4.78 is 1.09. The Hall–Kier alpha value is -1.86. The van der Waals surface area contributed by atoms with E-state index in [1.54, 1.807) is 0 Å². The lowest BCUT2D eigenvalue weighted by Crippen LogP contribution is -1.90. The van der Waals surface area contributed by atoms with Crippen LogP contribution in [0.25, 0.3) is 11.6 Å². The van der Waals surface area contributed by atoms with Crippen LogP contribution in [0.5, 0.6) is 0 Å². The first-order valence-corrected chi connectivity index (χ1v) is 9.36.